The van der Waals surface area contributed by atoms with E-state index in [1.807, 2.05) is 0 Å². The zero-order valence-corrected chi connectivity index (χ0v) is 16.6. The Bertz CT molecular complexity index is 1020. The number of benzene rings is 1. The summed E-state index contributed by atoms with van der Waals surface area (Å²) in [6, 6.07) is 3.07. The van der Waals surface area contributed by atoms with Gasteiger partial charge in [-0.05, 0) is 25.1 Å². The van der Waals surface area contributed by atoms with Crippen LogP contribution in [-0.4, -0.2) is 53.9 Å². The number of anilines is 1. The van der Waals surface area contributed by atoms with Crippen LogP contribution in [0.4, 0.5) is 27.6 Å². The lowest BCUT2D eigenvalue weighted by atomic mass is 9.85. The minimum Gasteiger partial charge on any atom is -0.470 e. The first-order chi connectivity index (χ1) is 15.0. The molecule has 0 bridgehead atoms. The van der Waals surface area contributed by atoms with Crippen molar-refractivity contribution >= 4 is 17.4 Å². The van der Waals surface area contributed by atoms with Gasteiger partial charge in [0.25, 0.3) is 18.3 Å². The van der Waals surface area contributed by atoms with E-state index in [1.165, 1.54) is 0 Å². The van der Waals surface area contributed by atoms with E-state index in [2.05, 4.69) is 25.0 Å². The minimum atomic E-state index is -3.60. The Labute approximate surface area is 178 Å². The molecule has 0 unspecified atom stereocenters. The standard InChI is InChI=1S/C19H18F5N5O3/c1-18(19(23,24)9-31-8-15(25)29-18)11-4-10(2-3-12(11)20)28-17(30)13-5-27-16(6-26-13)32-7-14(21)22/h2-6,14H,7-9H2,1H3,(H2,25,29)(H,28,30)/t18-/m1/s1. The second-order valence-electron chi connectivity index (χ2n) is 6.96. The van der Waals surface area contributed by atoms with Crippen LogP contribution >= 0.6 is 0 Å². The summed E-state index contributed by atoms with van der Waals surface area (Å²) in [5.74, 6) is -5.84. The van der Waals surface area contributed by atoms with Crippen molar-refractivity contribution in [2.45, 2.75) is 24.8 Å². The highest BCUT2D eigenvalue weighted by Crippen LogP contribution is 2.44. The van der Waals surface area contributed by atoms with Crippen molar-refractivity contribution in [3.63, 3.8) is 0 Å². The number of hydrogen-bond acceptors (Lipinski definition) is 7. The first-order valence-corrected chi connectivity index (χ1v) is 9.16. The number of aliphatic imine (C=N–C) groups is 1. The lowest BCUT2D eigenvalue weighted by molar-refractivity contribution is -0.116. The first-order valence-electron chi connectivity index (χ1n) is 9.16. The second kappa shape index (κ2) is 9.02. The fourth-order valence-electron chi connectivity index (χ4n) is 2.91. The number of alkyl halides is 4. The van der Waals surface area contributed by atoms with Crippen molar-refractivity contribution in [2.24, 2.45) is 10.7 Å². The van der Waals surface area contributed by atoms with E-state index in [1.54, 1.807) is 0 Å². The highest BCUT2D eigenvalue weighted by atomic mass is 19.3. The van der Waals surface area contributed by atoms with Gasteiger partial charge < -0.3 is 20.5 Å². The Morgan fingerprint density at radius 3 is 2.72 bits per heavy atom. The average molecular weight is 459 g/mol. The molecule has 1 aliphatic rings. The summed E-state index contributed by atoms with van der Waals surface area (Å²) in [5.41, 5.74) is 2.46. The zero-order valence-electron chi connectivity index (χ0n) is 16.6. The zero-order chi connectivity index (χ0) is 23.5. The number of hydrogen-bond donors (Lipinski definition) is 2. The maximum absolute atomic E-state index is 14.7. The predicted octanol–water partition coefficient (Wildman–Crippen LogP) is 2.75. The minimum absolute atomic E-state index is 0.0258. The number of amidine groups is 1. The molecule has 1 aliphatic heterocycles. The van der Waals surface area contributed by atoms with Gasteiger partial charge >= 0.3 is 0 Å². The van der Waals surface area contributed by atoms with Crippen LogP contribution in [0.25, 0.3) is 0 Å². The number of carbonyl (C=O) groups excluding carboxylic acids is 1. The van der Waals surface area contributed by atoms with E-state index >= 15 is 0 Å². The lowest BCUT2D eigenvalue weighted by Gasteiger charge is -2.33. The molecule has 0 saturated heterocycles. The molecule has 32 heavy (non-hydrogen) atoms. The summed E-state index contributed by atoms with van der Waals surface area (Å²) < 4.78 is 77.8. The van der Waals surface area contributed by atoms with Gasteiger partial charge in [0.2, 0.25) is 5.88 Å². The number of ether oxygens (including phenoxy) is 2. The van der Waals surface area contributed by atoms with Crippen LogP contribution in [0.5, 0.6) is 5.88 Å². The molecule has 13 heteroatoms. The smallest absolute Gasteiger partial charge is 0.299 e. The predicted molar refractivity (Wildman–Crippen MR) is 103 cm³/mol. The molecule has 0 fully saturated rings. The third kappa shape index (κ3) is 4.93. The summed E-state index contributed by atoms with van der Waals surface area (Å²) >= 11 is 0. The van der Waals surface area contributed by atoms with Crippen LogP contribution in [0.15, 0.2) is 35.6 Å². The topological polar surface area (TPSA) is 112 Å². The van der Waals surface area contributed by atoms with Gasteiger partial charge in [-0.25, -0.2) is 31.9 Å². The Morgan fingerprint density at radius 1 is 1.31 bits per heavy atom. The van der Waals surface area contributed by atoms with Crippen molar-refractivity contribution in [3.05, 3.63) is 47.7 Å². The number of nitrogens with zero attached hydrogens (tertiary/aromatic N) is 3. The Kier molecular flexibility index (Phi) is 6.57. The molecule has 3 N–H and O–H groups in total. The van der Waals surface area contributed by atoms with E-state index in [4.69, 9.17) is 10.5 Å². The second-order valence-corrected chi connectivity index (χ2v) is 6.96. The fourth-order valence-corrected chi connectivity index (χ4v) is 2.91. The summed E-state index contributed by atoms with van der Waals surface area (Å²) in [6.07, 6.45) is -0.761. The van der Waals surface area contributed by atoms with Crippen molar-refractivity contribution < 1.29 is 36.2 Å². The molecule has 0 spiro atoms. The average Bonchev–Trinajstić information content (AvgIpc) is 2.83. The molecule has 8 nitrogen and oxygen atoms in total. The van der Waals surface area contributed by atoms with Crippen LogP contribution in [0.2, 0.25) is 0 Å². The van der Waals surface area contributed by atoms with E-state index in [-0.39, 0.29) is 29.7 Å². The fraction of sp³-hybridized carbons (Fsp3) is 0.368. The molecule has 0 saturated carbocycles. The largest absolute Gasteiger partial charge is 0.470 e. The molecule has 3 rings (SSSR count). The molecular weight excluding hydrogens is 441 g/mol. The molecule has 1 aromatic carbocycles. The van der Waals surface area contributed by atoms with Crippen LogP contribution in [0.3, 0.4) is 0 Å². The number of carbonyl (C=O) groups is 1. The van der Waals surface area contributed by atoms with Crippen LogP contribution in [0, 0.1) is 5.82 Å². The lowest BCUT2D eigenvalue weighted by Crippen LogP contribution is -2.45. The third-order valence-electron chi connectivity index (χ3n) is 4.58. The Balaban J connectivity index is 1.84. The van der Waals surface area contributed by atoms with Crippen LogP contribution in [0.1, 0.15) is 23.0 Å². The molecule has 172 valence electrons. The van der Waals surface area contributed by atoms with E-state index < -0.39 is 48.4 Å². The third-order valence-corrected chi connectivity index (χ3v) is 4.58. The number of amides is 1. The van der Waals surface area contributed by atoms with E-state index in [0.717, 1.165) is 37.5 Å². The van der Waals surface area contributed by atoms with Crippen molar-refractivity contribution in [1.29, 1.82) is 0 Å². The molecule has 2 aromatic rings. The summed E-state index contributed by atoms with van der Waals surface area (Å²) in [4.78, 5) is 23.6. The Morgan fingerprint density at radius 2 is 2.06 bits per heavy atom. The first kappa shape index (κ1) is 23.3. The molecular formula is C19H18F5N5O3. The van der Waals surface area contributed by atoms with Gasteiger partial charge in [0.05, 0.1) is 12.4 Å². The van der Waals surface area contributed by atoms with E-state index in [9.17, 15) is 26.7 Å². The monoisotopic (exact) mass is 459 g/mol. The molecule has 0 aliphatic carbocycles. The van der Waals surface area contributed by atoms with Crippen molar-refractivity contribution in [1.82, 2.24) is 9.97 Å². The van der Waals surface area contributed by atoms with Crippen LogP contribution < -0.4 is 15.8 Å². The summed E-state index contributed by atoms with van der Waals surface area (Å²) in [7, 11) is 0. The number of rotatable bonds is 6. The number of halogens is 5. The number of nitrogens with two attached hydrogens (primary N) is 1. The van der Waals surface area contributed by atoms with Gasteiger partial charge in [-0.15, -0.1) is 0 Å². The number of aromatic nitrogens is 2. The molecule has 1 aromatic heterocycles. The Hall–Kier alpha value is -3.35. The van der Waals surface area contributed by atoms with Gasteiger partial charge in [0, 0.05) is 11.3 Å². The highest BCUT2D eigenvalue weighted by Gasteiger charge is 2.54. The molecule has 1 atom stereocenters. The maximum Gasteiger partial charge on any atom is 0.299 e. The molecule has 2 heterocycles. The van der Waals surface area contributed by atoms with Crippen molar-refractivity contribution in [2.75, 3.05) is 25.1 Å². The normalized spacial score (nSPS) is 20.4. The van der Waals surface area contributed by atoms with Crippen LogP contribution in [-0.2, 0) is 10.3 Å². The number of nitrogens with one attached hydrogen (secondary N) is 1. The van der Waals surface area contributed by atoms with Gasteiger partial charge in [-0.1, -0.05) is 0 Å². The summed E-state index contributed by atoms with van der Waals surface area (Å²) in [6.45, 7) is -1.24. The van der Waals surface area contributed by atoms with E-state index in [0.29, 0.717) is 0 Å². The van der Waals surface area contributed by atoms with Gasteiger partial charge in [0.1, 0.15) is 30.6 Å². The summed E-state index contributed by atoms with van der Waals surface area (Å²) in [5, 5.41) is 2.38. The highest BCUT2D eigenvalue weighted by molar-refractivity contribution is 6.02. The maximum atomic E-state index is 14.7. The molecule has 1 amide bonds. The SMILES string of the molecule is C[C@]1(c2cc(NC(=O)c3cnc(OCC(F)F)cn3)ccc2F)N=C(N)COCC1(F)F. The van der Waals surface area contributed by atoms with Crippen molar-refractivity contribution in [3.8, 4) is 5.88 Å². The molecule has 0 radical (unpaired) electrons. The van der Waals surface area contributed by atoms with Gasteiger partial charge in [0.15, 0.2) is 12.1 Å². The quantitative estimate of drug-likeness (QED) is 0.643. The van der Waals surface area contributed by atoms with Gasteiger partial charge in [-0.2, -0.15) is 0 Å². The van der Waals surface area contributed by atoms with Gasteiger partial charge in [-0.3, -0.25) is 9.79 Å².